The van der Waals surface area contributed by atoms with Crippen molar-refractivity contribution in [2.45, 2.75) is 53.1 Å². The minimum absolute atomic E-state index is 0.114. The number of rotatable bonds is 9. The van der Waals surface area contributed by atoms with Crippen LogP contribution in [0, 0.1) is 6.92 Å². The van der Waals surface area contributed by atoms with Crippen LogP contribution in [0.2, 0.25) is 0 Å². The molecule has 1 N–H and O–H groups in total. The molecular formula is C24H32N2O3. The lowest BCUT2D eigenvalue weighted by Crippen LogP contribution is -2.49. The van der Waals surface area contributed by atoms with Crippen LogP contribution < -0.4 is 10.1 Å². The summed E-state index contributed by atoms with van der Waals surface area (Å²) in [5, 5.41) is 2.80. The Kier molecular flexibility index (Phi) is 8.25. The maximum Gasteiger partial charge on any atom is 0.261 e. The van der Waals surface area contributed by atoms with Crippen LogP contribution in [-0.4, -0.2) is 35.9 Å². The van der Waals surface area contributed by atoms with Crippen LogP contribution in [0.1, 0.15) is 50.3 Å². The van der Waals surface area contributed by atoms with E-state index in [4.69, 9.17) is 4.74 Å². The summed E-state index contributed by atoms with van der Waals surface area (Å²) in [6.07, 6.45) is 0. The minimum atomic E-state index is -0.589. The first kappa shape index (κ1) is 22.5. The Hall–Kier alpha value is -2.82. The van der Waals surface area contributed by atoms with Crippen molar-refractivity contribution < 1.29 is 14.3 Å². The summed E-state index contributed by atoms with van der Waals surface area (Å²) in [4.78, 5) is 27.0. The van der Waals surface area contributed by atoms with Crippen molar-refractivity contribution in [2.75, 3.05) is 13.2 Å². The van der Waals surface area contributed by atoms with Crippen LogP contribution in [0.5, 0.6) is 5.75 Å². The number of nitrogens with zero attached hydrogens (tertiary/aromatic N) is 1. The van der Waals surface area contributed by atoms with Crippen LogP contribution in [0.3, 0.4) is 0 Å². The first-order valence-corrected chi connectivity index (χ1v) is 10.2. The van der Waals surface area contributed by atoms with Crippen LogP contribution in [0.25, 0.3) is 0 Å². The fourth-order valence-corrected chi connectivity index (χ4v) is 3.05. The van der Waals surface area contributed by atoms with Gasteiger partial charge in [-0.3, -0.25) is 9.59 Å². The Bertz CT molecular complexity index is 815. The molecule has 0 bridgehead atoms. The molecule has 0 spiro atoms. The van der Waals surface area contributed by atoms with Gasteiger partial charge in [-0.25, -0.2) is 0 Å². The molecule has 156 valence electrons. The van der Waals surface area contributed by atoms with Gasteiger partial charge < -0.3 is 15.0 Å². The van der Waals surface area contributed by atoms with Gasteiger partial charge in [-0.1, -0.05) is 50.2 Å². The minimum Gasteiger partial charge on any atom is -0.484 e. The molecule has 5 nitrogen and oxygen atoms in total. The van der Waals surface area contributed by atoms with Crippen LogP contribution in [0.4, 0.5) is 0 Å². The lowest BCUT2D eigenvalue weighted by Gasteiger charge is -2.29. The molecule has 2 amide bonds. The zero-order chi connectivity index (χ0) is 21.4. The third-order valence-corrected chi connectivity index (χ3v) is 5.03. The number of hydrogen-bond acceptors (Lipinski definition) is 3. The van der Waals surface area contributed by atoms with Gasteiger partial charge in [0.2, 0.25) is 5.91 Å². The summed E-state index contributed by atoms with van der Waals surface area (Å²) in [7, 11) is 0. The second kappa shape index (κ2) is 10.6. The maximum atomic E-state index is 13.0. The number of carbonyl (C=O) groups is 2. The molecule has 0 fully saturated rings. The van der Waals surface area contributed by atoms with Gasteiger partial charge in [0.05, 0.1) is 0 Å². The van der Waals surface area contributed by atoms with Gasteiger partial charge in [-0.15, -0.1) is 0 Å². The number of likely N-dealkylation sites (N-methyl/N-ethyl adjacent to an activating group) is 1. The molecule has 0 aliphatic heterocycles. The number of ether oxygens (including phenoxy) is 1. The zero-order valence-electron chi connectivity index (χ0n) is 18.1. The van der Waals surface area contributed by atoms with Crippen molar-refractivity contribution in [1.29, 1.82) is 0 Å². The quantitative estimate of drug-likeness (QED) is 0.696. The second-order valence-electron chi connectivity index (χ2n) is 7.53. The van der Waals surface area contributed by atoms with E-state index < -0.39 is 6.04 Å². The number of carbonyl (C=O) groups excluding carboxylic acids is 2. The zero-order valence-corrected chi connectivity index (χ0v) is 18.1. The fourth-order valence-electron chi connectivity index (χ4n) is 3.05. The molecule has 0 radical (unpaired) electrons. The lowest BCUT2D eigenvalue weighted by molar-refractivity contribution is -0.142. The molecule has 1 atom stereocenters. The van der Waals surface area contributed by atoms with Crippen molar-refractivity contribution in [1.82, 2.24) is 10.2 Å². The Morgan fingerprint density at radius 2 is 1.69 bits per heavy atom. The molecule has 5 heteroatoms. The third-order valence-electron chi connectivity index (χ3n) is 5.03. The summed E-state index contributed by atoms with van der Waals surface area (Å²) in [5.41, 5.74) is 3.31. The highest BCUT2D eigenvalue weighted by molar-refractivity contribution is 5.87. The van der Waals surface area contributed by atoms with Gasteiger partial charge in [-0.2, -0.15) is 0 Å². The van der Waals surface area contributed by atoms with Crippen molar-refractivity contribution >= 4 is 11.8 Å². The molecule has 0 aromatic heterocycles. The van der Waals surface area contributed by atoms with Gasteiger partial charge in [0.1, 0.15) is 11.8 Å². The topological polar surface area (TPSA) is 58.6 Å². The average molecular weight is 397 g/mol. The van der Waals surface area contributed by atoms with E-state index in [-0.39, 0.29) is 18.4 Å². The maximum absolute atomic E-state index is 13.0. The second-order valence-corrected chi connectivity index (χ2v) is 7.53. The largest absolute Gasteiger partial charge is 0.484 e. The fraction of sp³-hybridized carbons (Fsp3) is 0.417. The van der Waals surface area contributed by atoms with E-state index >= 15 is 0 Å². The normalized spacial score (nSPS) is 11.8. The summed E-state index contributed by atoms with van der Waals surface area (Å²) in [6, 6.07) is 15.1. The highest BCUT2D eigenvalue weighted by atomic mass is 16.5. The third kappa shape index (κ3) is 6.34. The number of aryl methyl sites for hydroxylation is 1. The van der Waals surface area contributed by atoms with Gasteiger partial charge in [0, 0.05) is 13.1 Å². The summed E-state index contributed by atoms with van der Waals surface area (Å²) < 4.78 is 5.72. The molecule has 0 aliphatic carbocycles. The number of benzene rings is 2. The summed E-state index contributed by atoms with van der Waals surface area (Å²) in [5.74, 6) is 0.688. The summed E-state index contributed by atoms with van der Waals surface area (Å²) >= 11 is 0. The van der Waals surface area contributed by atoms with Gasteiger partial charge in [-0.05, 0) is 55.5 Å². The standard InChI is InChI=1S/C24H32N2O3/c1-6-25-24(28)19(5)26(15-21-10-8-7-9-18(21)4)23(27)16-29-22-13-11-20(12-14-22)17(2)3/h7-14,17,19H,6,15-16H2,1-5H3,(H,25,28). The first-order valence-electron chi connectivity index (χ1n) is 10.2. The van der Waals surface area contributed by atoms with Crippen LogP contribution in [0.15, 0.2) is 48.5 Å². The monoisotopic (exact) mass is 396 g/mol. The van der Waals surface area contributed by atoms with Crippen LogP contribution in [-0.2, 0) is 16.1 Å². The average Bonchev–Trinajstić information content (AvgIpc) is 2.71. The molecule has 0 heterocycles. The predicted octanol–water partition coefficient (Wildman–Crippen LogP) is 4.05. The van der Waals surface area contributed by atoms with Crippen molar-refractivity contribution in [3.8, 4) is 5.75 Å². The lowest BCUT2D eigenvalue weighted by atomic mass is 10.0. The van der Waals surface area contributed by atoms with E-state index in [1.165, 1.54) is 5.56 Å². The van der Waals surface area contributed by atoms with E-state index in [0.29, 0.717) is 24.8 Å². The molecular weight excluding hydrogens is 364 g/mol. The number of amides is 2. The predicted molar refractivity (Wildman–Crippen MR) is 116 cm³/mol. The Labute approximate surface area is 174 Å². The van der Waals surface area contributed by atoms with Gasteiger partial charge in [0.15, 0.2) is 6.61 Å². The Balaban J connectivity index is 2.12. The molecule has 2 aromatic carbocycles. The van der Waals surface area contributed by atoms with Gasteiger partial charge >= 0.3 is 0 Å². The van der Waals surface area contributed by atoms with Crippen molar-refractivity contribution in [3.63, 3.8) is 0 Å². The summed E-state index contributed by atoms with van der Waals surface area (Å²) in [6.45, 7) is 10.6. The molecule has 0 saturated heterocycles. The van der Waals surface area contributed by atoms with Crippen molar-refractivity contribution in [2.24, 2.45) is 0 Å². The SMILES string of the molecule is CCNC(=O)C(C)N(Cc1ccccc1C)C(=O)COc1ccc(C(C)C)cc1. The molecule has 0 aliphatic rings. The molecule has 2 aromatic rings. The van der Waals surface area contributed by atoms with Crippen LogP contribution >= 0.6 is 0 Å². The molecule has 29 heavy (non-hydrogen) atoms. The first-order chi connectivity index (χ1) is 13.8. The molecule has 0 saturated carbocycles. The smallest absolute Gasteiger partial charge is 0.261 e. The van der Waals surface area contributed by atoms with E-state index in [1.54, 1.807) is 11.8 Å². The highest BCUT2D eigenvalue weighted by Gasteiger charge is 2.26. The molecule has 1 unspecified atom stereocenters. The van der Waals surface area contributed by atoms with Crippen molar-refractivity contribution in [3.05, 3.63) is 65.2 Å². The molecule has 2 rings (SSSR count). The highest BCUT2D eigenvalue weighted by Crippen LogP contribution is 2.19. The number of nitrogens with one attached hydrogen (secondary N) is 1. The van der Waals surface area contributed by atoms with Gasteiger partial charge in [0.25, 0.3) is 5.91 Å². The van der Waals surface area contributed by atoms with E-state index in [2.05, 4.69) is 19.2 Å². The van der Waals surface area contributed by atoms with E-state index in [9.17, 15) is 9.59 Å². The van der Waals surface area contributed by atoms with E-state index in [0.717, 1.165) is 11.1 Å². The Morgan fingerprint density at radius 1 is 1.03 bits per heavy atom. The Morgan fingerprint density at radius 3 is 2.28 bits per heavy atom. The van der Waals surface area contributed by atoms with E-state index in [1.807, 2.05) is 62.4 Å². The number of hydrogen-bond donors (Lipinski definition) is 1.